The van der Waals surface area contributed by atoms with Crippen LogP contribution in [0.1, 0.15) is 43.7 Å². The number of hydrogen-bond acceptors (Lipinski definition) is 8. The van der Waals surface area contributed by atoms with Crippen molar-refractivity contribution >= 4 is 39.9 Å². The van der Waals surface area contributed by atoms with Gasteiger partial charge in [0.15, 0.2) is 11.5 Å². The quantitative estimate of drug-likeness (QED) is 0.165. The monoisotopic (exact) mass is 579 g/mol. The Morgan fingerprint density at radius 3 is 2.84 bits per heavy atom. The molecule has 0 saturated carbocycles. The zero-order valence-electron chi connectivity index (χ0n) is 24.2. The average Bonchev–Trinajstić information content (AvgIpc) is 3.45. The maximum atomic E-state index is 13.2. The maximum absolute atomic E-state index is 13.2. The minimum absolute atomic E-state index is 0.257. The van der Waals surface area contributed by atoms with Crippen molar-refractivity contribution in [2.24, 2.45) is 0 Å². The smallest absolute Gasteiger partial charge is 0.283 e. The molecule has 1 unspecified atom stereocenters. The highest BCUT2D eigenvalue weighted by Crippen LogP contribution is 2.31. The van der Waals surface area contributed by atoms with Crippen molar-refractivity contribution in [1.82, 2.24) is 29.9 Å². The lowest BCUT2D eigenvalue weighted by atomic mass is 9.99. The van der Waals surface area contributed by atoms with Gasteiger partial charge in [-0.3, -0.25) is 9.78 Å². The van der Waals surface area contributed by atoms with Crippen molar-refractivity contribution in [2.45, 2.75) is 45.2 Å². The van der Waals surface area contributed by atoms with Gasteiger partial charge in [-0.25, -0.2) is 4.39 Å². The van der Waals surface area contributed by atoms with E-state index >= 15 is 0 Å². The van der Waals surface area contributed by atoms with Gasteiger partial charge >= 0.3 is 0 Å². The van der Waals surface area contributed by atoms with Gasteiger partial charge in [-0.05, 0) is 54.5 Å². The van der Waals surface area contributed by atoms with Gasteiger partial charge in [0.2, 0.25) is 11.9 Å². The Kier molecular flexibility index (Phi) is 7.97. The summed E-state index contributed by atoms with van der Waals surface area (Å²) in [5.74, 6) is -0.474. The SMILES string of the molecule is C=C(F)C(=O)Nc1ccc2c(-c3ccccc3CNc3nc(NC4CCCNC4)nc4c(C(C)C)cnn34)nccc2c1. The van der Waals surface area contributed by atoms with Crippen LogP contribution in [0.2, 0.25) is 0 Å². The molecule has 2 aromatic carbocycles. The van der Waals surface area contributed by atoms with E-state index in [1.807, 2.05) is 36.5 Å². The molecule has 5 aromatic rings. The first-order chi connectivity index (χ1) is 20.9. The number of benzene rings is 2. The third-order valence-electron chi connectivity index (χ3n) is 7.63. The molecule has 1 saturated heterocycles. The Morgan fingerprint density at radius 2 is 2.05 bits per heavy atom. The molecule has 0 aliphatic carbocycles. The van der Waals surface area contributed by atoms with E-state index in [1.165, 1.54) is 0 Å². The largest absolute Gasteiger partial charge is 0.350 e. The Morgan fingerprint density at radius 1 is 1.19 bits per heavy atom. The first kappa shape index (κ1) is 28.2. The Bertz CT molecular complexity index is 1810. The number of halogens is 1. The number of nitrogens with zero attached hydrogens (tertiary/aromatic N) is 5. The second kappa shape index (κ2) is 12.1. The molecule has 0 radical (unpaired) electrons. The summed E-state index contributed by atoms with van der Waals surface area (Å²) in [7, 11) is 0. The fourth-order valence-electron chi connectivity index (χ4n) is 5.39. The lowest BCUT2D eigenvalue weighted by Gasteiger charge is -2.24. The van der Waals surface area contributed by atoms with Gasteiger partial charge in [-0.15, -0.1) is 0 Å². The molecule has 11 heteroatoms. The maximum Gasteiger partial charge on any atom is 0.283 e. The Hall–Kier alpha value is -4.90. The number of piperidine rings is 1. The molecule has 0 bridgehead atoms. The normalized spacial score (nSPS) is 15.1. The van der Waals surface area contributed by atoms with Crippen molar-refractivity contribution < 1.29 is 9.18 Å². The lowest BCUT2D eigenvalue weighted by molar-refractivity contribution is -0.114. The van der Waals surface area contributed by atoms with Crippen LogP contribution in [0.3, 0.4) is 0 Å². The number of anilines is 3. The number of rotatable bonds is 9. The highest BCUT2D eigenvalue weighted by atomic mass is 19.1. The highest BCUT2D eigenvalue weighted by molar-refractivity contribution is 6.04. The van der Waals surface area contributed by atoms with Crippen LogP contribution in [0.4, 0.5) is 22.0 Å². The molecule has 4 heterocycles. The zero-order chi connectivity index (χ0) is 29.9. The number of hydrogen-bond donors (Lipinski definition) is 4. The molecule has 4 N–H and O–H groups in total. The van der Waals surface area contributed by atoms with E-state index < -0.39 is 11.7 Å². The number of carbonyl (C=O) groups is 1. The summed E-state index contributed by atoms with van der Waals surface area (Å²) >= 11 is 0. The van der Waals surface area contributed by atoms with Gasteiger partial charge < -0.3 is 21.3 Å². The standard InChI is InChI=1S/C32H34FN9O/c1-19(2)27-18-37-42-29(27)40-31(39-24-8-6-13-34-17-24)41-32(42)36-16-22-7-4-5-9-25(22)28-26-11-10-23(38-30(43)20(3)33)15-21(26)12-14-35-28/h4-5,7,9-12,14-15,18-19,24,34H,3,6,8,13,16-17H2,1-2H3,(H,38,43)(H2,36,39,40,41). The predicted octanol–water partition coefficient (Wildman–Crippen LogP) is 5.66. The van der Waals surface area contributed by atoms with E-state index in [0.717, 1.165) is 64.7 Å². The van der Waals surface area contributed by atoms with Gasteiger partial charge in [0, 0.05) is 47.5 Å². The molecule has 1 amide bonds. The summed E-state index contributed by atoms with van der Waals surface area (Å²) in [4.78, 5) is 26.2. The molecule has 10 nitrogen and oxygen atoms in total. The minimum atomic E-state index is -1.04. The summed E-state index contributed by atoms with van der Waals surface area (Å²) in [6, 6.07) is 15.6. The molecule has 1 atom stereocenters. The van der Waals surface area contributed by atoms with E-state index in [4.69, 9.17) is 15.0 Å². The molecule has 1 aliphatic rings. The van der Waals surface area contributed by atoms with Gasteiger partial charge in [0.25, 0.3) is 5.91 Å². The van der Waals surface area contributed by atoms with E-state index in [1.54, 1.807) is 22.8 Å². The summed E-state index contributed by atoms with van der Waals surface area (Å²) in [6.45, 7) is 9.69. The molecular weight excluding hydrogens is 545 g/mol. The Labute approximate surface area is 248 Å². The van der Waals surface area contributed by atoms with Gasteiger partial charge in [0.1, 0.15) is 0 Å². The molecule has 1 aliphatic heterocycles. The van der Waals surface area contributed by atoms with Crippen LogP contribution in [0, 0.1) is 0 Å². The third kappa shape index (κ3) is 6.02. The fraction of sp³-hybridized carbons (Fsp3) is 0.281. The predicted molar refractivity (Wildman–Crippen MR) is 168 cm³/mol. The molecule has 220 valence electrons. The minimum Gasteiger partial charge on any atom is -0.350 e. The van der Waals surface area contributed by atoms with Crippen molar-refractivity contribution in [3.63, 3.8) is 0 Å². The number of carbonyl (C=O) groups excluding carboxylic acids is 1. The highest BCUT2D eigenvalue weighted by Gasteiger charge is 2.19. The van der Waals surface area contributed by atoms with Gasteiger partial charge in [-0.2, -0.15) is 19.6 Å². The van der Waals surface area contributed by atoms with Crippen LogP contribution in [0.5, 0.6) is 0 Å². The van der Waals surface area contributed by atoms with Crippen molar-refractivity contribution in [1.29, 1.82) is 0 Å². The topological polar surface area (TPSA) is 121 Å². The van der Waals surface area contributed by atoms with Gasteiger partial charge in [-0.1, -0.05) is 50.8 Å². The van der Waals surface area contributed by atoms with Crippen LogP contribution in [0.15, 0.2) is 73.3 Å². The number of aromatic nitrogens is 5. The number of pyridine rings is 1. The first-order valence-corrected chi connectivity index (χ1v) is 14.5. The fourth-order valence-corrected chi connectivity index (χ4v) is 5.39. The summed E-state index contributed by atoms with van der Waals surface area (Å²) in [6.07, 6.45) is 5.76. The molecule has 3 aromatic heterocycles. The second-order valence-electron chi connectivity index (χ2n) is 11.0. The molecule has 1 fully saturated rings. The van der Waals surface area contributed by atoms with Crippen molar-refractivity contribution in [2.75, 3.05) is 29.0 Å². The summed E-state index contributed by atoms with van der Waals surface area (Å²) in [5, 5.41) is 19.4. The molecule has 0 spiro atoms. The summed E-state index contributed by atoms with van der Waals surface area (Å²) < 4.78 is 15.0. The second-order valence-corrected chi connectivity index (χ2v) is 11.0. The molecule has 6 rings (SSSR count). The number of nitrogens with one attached hydrogen (secondary N) is 4. The van der Waals surface area contributed by atoms with Crippen LogP contribution >= 0.6 is 0 Å². The lowest BCUT2D eigenvalue weighted by Crippen LogP contribution is -2.38. The van der Waals surface area contributed by atoms with E-state index in [9.17, 15) is 9.18 Å². The average molecular weight is 580 g/mol. The van der Waals surface area contributed by atoms with Crippen molar-refractivity contribution in [3.05, 3.63) is 84.5 Å². The van der Waals surface area contributed by atoms with Crippen LogP contribution in [-0.4, -0.2) is 49.6 Å². The van der Waals surface area contributed by atoms with E-state index in [0.29, 0.717) is 24.1 Å². The zero-order valence-corrected chi connectivity index (χ0v) is 24.2. The third-order valence-corrected chi connectivity index (χ3v) is 7.63. The Balaban J connectivity index is 1.32. The van der Waals surface area contributed by atoms with Crippen molar-refractivity contribution in [3.8, 4) is 11.3 Å². The molecule has 43 heavy (non-hydrogen) atoms. The van der Waals surface area contributed by atoms with Crippen LogP contribution < -0.4 is 21.3 Å². The molecular formula is C32H34FN9O. The number of amides is 1. The van der Waals surface area contributed by atoms with Crippen LogP contribution in [0.25, 0.3) is 27.7 Å². The van der Waals surface area contributed by atoms with Gasteiger partial charge in [0.05, 0.1) is 11.9 Å². The van der Waals surface area contributed by atoms with E-state index in [-0.39, 0.29) is 12.0 Å². The van der Waals surface area contributed by atoms with E-state index in [2.05, 4.69) is 52.9 Å². The number of fused-ring (bicyclic) bond motifs is 2. The first-order valence-electron chi connectivity index (χ1n) is 14.5. The van der Waals surface area contributed by atoms with Crippen LogP contribution in [-0.2, 0) is 11.3 Å². The summed E-state index contributed by atoms with van der Waals surface area (Å²) in [5.41, 5.74) is 5.08.